The van der Waals surface area contributed by atoms with Crippen LogP contribution in [0.4, 0.5) is 0 Å². The minimum absolute atomic E-state index is 0.366. The van der Waals surface area contributed by atoms with E-state index >= 15 is 0 Å². The van der Waals surface area contributed by atoms with Crippen LogP contribution < -0.4 is 5.32 Å². The molecule has 0 aliphatic carbocycles. The Balaban J connectivity index is 1.94. The van der Waals surface area contributed by atoms with Crippen molar-refractivity contribution in [2.45, 2.75) is 91.0 Å². The van der Waals surface area contributed by atoms with Gasteiger partial charge in [0.15, 0.2) is 0 Å². The zero-order valence-electron chi connectivity index (χ0n) is 19.7. The van der Waals surface area contributed by atoms with Gasteiger partial charge >= 0.3 is 0 Å². The number of nitrogens with zero attached hydrogens (tertiary/aromatic N) is 1. The third-order valence-corrected chi connectivity index (χ3v) is 5.86. The van der Waals surface area contributed by atoms with Crippen molar-refractivity contribution in [2.75, 3.05) is 6.54 Å². The van der Waals surface area contributed by atoms with Crippen LogP contribution in [0.2, 0.25) is 0 Å². The van der Waals surface area contributed by atoms with Crippen molar-refractivity contribution in [1.29, 1.82) is 0 Å². The van der Waals surface area contributed by atoms with Gasteiger partial charge in [0.1, 0.15) is 0 Å². The SMILES string of the molecule is C=C(C)CC(CC(C)c1cccc2ccccc12)NC(C)=NCCCCCCCC. The van der Waals surface area contributed by atoms with E-state index in [4.69, 9.17) is 4.99 Å². The lowest BCUT2D eigenvalue weighted by Crippen LogP contribution is -2.34. The van der Waals surface area contributed by atoms with Crippen molar-refractivity contribution in [1.82, 2.24) is 5.32 Å². The van der Waals surface area contributed by atoms with Gasteiger partial charge in [0, 0.05) is 12.6 Å². The first kappa shape index (κ1) is 24.2. The van der Waals surface area contributed by atoms with Crippen LogP contribution in [0, 0.1) is 0 Å². The van der Waals surface area contributed by atoms with Crippen LogP contribution in [0.25, 0.3) is 10.8 Å². The van der Waals surface area contributed by atoms with Crippen LogP contribution in [0.3, 0.4) is 0 Å². The summed E-state index contributed by atoms with van der Waals surface area (Å²) in [6.07, 6.45) is 9.93. The molecule has 2 heteroatoms. The molecule has 2 rings (SSSR count). The standard InChI is InChI=1S/C28H42N2/c1-6-7-8-9-10-13-19-29-24(5)30-26(20-22(2)3)21-23(4)27-18-14-16-25-15-11-12-17-28(25)27/h11-12,14-18,23,26H,2,6-10,13,19-21H2,1,3-5H3,(H,29,30). The van der Waals surface area contributed by atoms with Crippen LogP contribution in [0.5, 0.6) is 0 Å². The van der Waals surface area contributed by atoms with Gasteiger partial charge in [-0.25, -0.2) is 0 Å². The molecule has 0 aliphatic rings. The molecule has 0 radical (unpaired) electrons. The van der Waals surface area contributed by atoms with E-state index in [0.717, 1.165) is 25.2 Å². The molecule has 0 saturated carbocycles. The average Bonchev–Trinajstić information content (AvgIpc) is 2.72. The van der Waals surface area contributed by atoms with Crippen molar-refractivity contribution in [3.63, 3.8) is 0 Å². The van der Waals surface area contributed by atoms with Crippen molar-refractivity contribution in [2.24, 2.45) is 4.99 Å². The molecule has 0 amide bonds. The molecule has 0 fully saturated rings. The van der Waals surface area contributed by atoms with Crippen molar-refractivity contribution >= 4 is 16.6 Å². The summed E-state index contributed by atoms with van der Waals surface area (Å²) < 4.78 is 0. The number of hydrogen-bond donors (Lipinski definition) is 1. The van der Waals surface area contributed by atoms with Crippen LogP contribution in [0.15, 0.2) is 59.6 Å². The molecule has 0 saturated heterocycles. The molecule has 2 unspecified atom stereocenters. The van der Waals surface area contributed by atoms with Crippen LogP contribution in [0.1, 0.15) is 90.5 Å². The van der Waals surface area contributed by atoms with Gasteiger partial charge in [-0.3, -0.25) is 4.99 Å². The maximum Gasteiger partial charge on any atom is 0.0933 e. The summed E-state index contributed by atoms with van der Waals surface area (Å²) in [5, 5.41) is 6.39. The number of benzene rings is 2. The Hall–Kier alpha value is -2.09. The molecule has 0 bridgehead atoms. The van der Waals surface area contributed by atoms with Gasteiger partial charge < -0.3 is 5.32 Å². The second kappa shape index (κ2) is 13.3. The molecular formula is C28H42N2. The topological polar surface area (TPSA) is 24.4 Å². The van der Waals surface area contributed by atoms with Crippen LogP contribution in [-0.4, -0.2) is 18.4 Å². The predicted molar refractivity (Wildman–Crippen MR) is 135 cm³/mol. The van der Waals surface area contributed by atoms with Crippen molar-refractivity contribution < 1.29 is 0 Å². The first-order chi connectivity index (χ1) is 14.5. The highest BCUT2D eigenvalue weighted by molar-refractivity contribution is 5.86. The minimum atomic E-state index is 0.366. The van der Waals surface area contributed by atoms with Gasteiger partial charge in [-0.15, -0.1) is 6.58 Å². The smallest absolute Gasteiger partial charge is 0.0933 e. The molecule has 0 aliphatic heterocycles. The molecule has 1 N–H and O–H groups in total. The first-order valence-corrected chi connectivity index (χ1v) is 11.9. The summed E-state index contributed by atoms with van der Waals surface area (Å²) in [5.41, 5.74) is 2.66. The van der Waals surface area contributed by atoms with E-state index in [2.05, 4.69) is 82.1 Å². The molecule has 2 atom stereocenters. The fourth-order valence-electron chi connectivity index (χ4n) is 4.33. The molecule has 0 aromatic heterocycles. The minimum Gasteiger partial charge on any atom is -0.371 e. The lowest BCUT2D eigenvalue weighted by molar-refractivity contribution is 0.507. The largest absolute Gasteiger partial charge is 0.371 e. The third kappa shape index (κ3) is 8.34. The van der Waals surface area contributed by atoms with E-state index < -0.39 is 0 Å². The molecular weight excluding hydrogens is 364 g/mol. The Morgan fingerprint density at radius 1 is 0.967 bits per heavy atom. The van der Waals surface area contributed by atoms with Gasteiger partial charge in [-0.1, -0.05) is 94.0 Å². The van der Waals surface area contributed by atoms with Crippen LogP contribution in [-0.2, 0) is 0 Å². The second-order valence-electron chi connectivity index (χ2n) is 8.94. The number of rotatable bonds is 13. The summed E-state index contributed by atoms with van der Waals surface area (Å²) in [5.74, 6) is 1.54. The van der Waals surface area contributed by atoms with Gasteiger partial charge in [-0.05, 0) is 55.4 Å². The Kier molecular flexibility index (Phi) is 10.7. The molecule has 2 aromatic rings. The fraction of sp³-hybridized carbons (Fsp3) is 0.536. The quantitative estimate of drug-likeness (QED) is 0.155. The highest BCUT2D eigenvalue weighted by atomic mass is 15.0. The van der Waals surface area contributed by atoms with E-state index in [0.29, 0.717) is 12.0 Å². The summed E-state index contributed by atoms with van der Waals surface area (Å²) in [6.45, 7) is 13.9. The zero-order valence-corrected chi connectivity index (χ0v) is 19.7. The van der Waals surface area contributed by atoms with E-state index in [1.54, 1.807) is 0 Å². The maximum absolute atomic E-state index is 4.79. The lowest BCUT2D eigenvalue weighted by atomic mass is 9.88. The number of unbranched alkanes of at least 4 members (excludes halogenated alkanes) is 5. The summed E-state index contributed by atoms with van der Waals surface area (Å²) >= 11 is 0. The predicted octanol–water partition coefficient (Wildman–Crippen LogP) is 8.04. The van der Waals surface area contributed by atoms with Crippen LogP contribution >= 0.6 is 0 Å². The molecule has 0 heterocycles. The van der Waals surface area contributed by atoms with E-state index in [1.807, 2.05) is 0 Å². The number of fused-ring (bicyclic) bond motifs is 1. The second-order valence-corrected chi connectivity index (χ2v) is 8.94. The molecule has 164 valence electrons. The summed E-state index contributed by atoms with van der Waals surface area (Å²) in [6, 6.07) is 15.7. The maximum atomic E-state index is 4.79. The lowest BCUT2D eigenvalue weighted by Gasteiger charge is -2.24. The summed E-state index contributed by atoms with van der Waals surface area (Å²) in [7, 11) is 0. The number of aliphatic imine (C=N–C) groups is 1. The van der Waals surface area contributed by atoms with Crippen molar-refractivity contribution in [3.8, 4) is 0 Å². The Morgan fingerprint density at radius 2 is 1.67 bits per heavy atom. The fourth-order valence-corrected chi connectivity index (χ4v) is 4.33. The Bertz CT molecular complexity index is 800. The number of hydrogen-bond acceptors (Lipinski definition) is 1. The Labute approximate surface area is 184 Å². The van der Waals surface area contributed by atoms with Gasteiger partial charge in [-0.2, -0.15) is 0 Å². The van der Waals surface area contributed by atoms with E-state index in [-0.39, 0.29) is 0 Å². The Morgan fingerprint density at radius 3 is 2.43 bits per heavy atom. The molecule has 2 nitrogen and oxygen atoms in total. The van der Waals surface area contributed by atoms with E-state index in [1.165, 1.54) is 60.4 Å². The third-order valence-electron chi connectivity index (χ3n) is 5.86. The van der Waals surface area contributed by atoms with Crippen molar-refractivity contribution in [3.05, 3.63) is 60.2 Å². The highest BCUT2D eigenvalue weighted by Gasteiger charge is 2.17. The monoisotopic (exact) mass is 406 g/mol. The highest BCUT2D eigenvalue weighted by Crippen LogP contribution is 2.29. The number of nitrogens with one attached hydrogen (secondary N) is 1. The molecule has 0 spiro atoms. The molecule has 2 aromatic carbocycles. The number of amidine groups is 1. The summed E-state index contributed by atoms with van der Waals surface area (Å²) in [4.78, 5) is 4.79. The van der Waals surface area contributed by atoms with E-state index in [9.17, 15) is 0 Å². The molecule has 30 heavy (non-hydrogen) atoms. The van der Waals surface area contributed by atoms with Gasteiger partial charge in [0.25, 0.3) is 0 Å². The first-order valence-electron chi connectivity index (χ1n) is 11.9. The normalized spacial score (nSPS) is 13.9. The van der Waals surface area contributed by atoms with Gasteiger partial charge in [0.2, 0.25) is 0 Å². The zero-order chi connectivity index (χ0) is 21.8. The average molecular weight is 407 g/mol. The van der Waals surface area contributed by atoms with Gasteiger partial charge in [0.05, 0.1) is 5.84 Å².